The van der Waals surface area contributed by atoms with Crippen molar-refractivity contribution in [3.05, 3.63) is 0 Å². The summed E-state index contributed by atoms with van der Waals surface area (Å²) >= 11 is 4.10. The summed E-state index contributed by atoms with van der Waals surface area (Å²) < 4.78 is 50.3. The van der Waals surface area contributed by atoms with Crippen molar-refractivity contribution in [1.29, 1.82) is 0 Å². The molecule has 3 atom stereocenters. The van der Waals surface area contributed by atoms with E-state index in [2.05, 4.69) is 17.9 Å². The highest BCUT2D eigenvalue weighted by Crippen LogP contribution is 2.32. The van der Waals surface area contributed by atoms with E-state index in [9.17, 15) is 32.4 Å². The van der Waals surface area contributed by atoms with Crippen LogP contribution in [0.1, 0.15) is 67.2 Å². The number of fused-ring (bicyclic) bond motifs is 2. The van der Waals surface area contributed by atoms with Gasteiger partial charge in [0, 0.05) is 25.7 Å². The van der Waals surface area contributed by atoms with Crippen molar-refractivity contribution in [2.24, 2.45) is 10.8 Å². The van der Waals surface area contributed by atoms with E-state index in [1.165, 1.54) is 23.6 Å². The lowest BCUT2D eigenvalue weighted by Crippen LogP contribution is -2.54. The van der Waals surface area contributed by atoms with Crippen LogP contribution in [0, 0.1) is 10.8 Å². The third kappa shape index (κ3) is 9.59. The van der Waals surface area contributed by atoms with Crippen molar-refractivity contribution in [3.63, 3.8) is 0 Å². The van der Waals surface area contributed by atoms with Crippen molar-refractivity contribution in [2.45, 2.75) is 91.6 Å². The number of amides is 4. The molecule has 0 spiro atoms. The molecular weight excluding hydrogens is 636 g/mol. The molecule has 3 rings (SSSR count). The van der Waals surface area contributed by atoms with Gasteiger partial charge in [-0.25, -0.2) is 13.8 Å². The number of hydrogen-bond donors (Lipinski definition) is 2. The number of likely N-dealkylation sites (tertiary alicyclic amines) is 1. The summed E-state index contributed by atoms with van der Waals surface area (Å²) in [4.78, 5) is 65.8. The van der Waals surface area contributed by atoms with E-state index in [4.69, 9.17) is 22.7 Å². The summed E-state index contributed by atoms with van der Waals surface area (Å²) in [7, 11) is -4.71. The Morgan fingerprint density at radius 3 is 2.22 bits per heavy atom. The van der Waals surface area contributed by atoms with Crippen LogP contribution in [-0.2, 0) is 47.5 Å². The number of carbonyl (C=O) groups is 5. The first kappa shape index (κ1) is 36.6. The van der Waals surface area contributed by atoms with Crippen molar-refractivity contribution in [1.82, 2.24) is 20.2 Å². The number of urea groups is 1. The lowest BCUT2D eigenvalue weighted by molar-refractivity contribution is -0.174. The highest BCUT2D eigenvalue weighted by atomic mass is 32.3. The zero-order valence-corrected chi connectivity index (χ0v) is 28.2. The maximum Gasteiger partial charge on any atom is 0.421 e. The fourth-order valence-electron chi connectivity index (χ4n) is 4.81. The van der Waals surface area contributed by atoms with E-state index in [-0.39, 0.29) is 44.5 Å². The molecule has 3 aliphatic heterocycles. The Balaban J connectivity index is 1.48. The van der Waals surface area contributed by atoms with Gasteiger partial charge in [0.15, 0.2) is 0 Å². The van der Waals surface area contributed by atoms with E-state index in [0.29, 0.717) is 24.3 Å². The van der Waals surface area contributed by atoms with Gasteiger partial charge in [-0.15, -0.1) is 4.28 Å². The summed E-state index contributed by atoms with van der Waals surface area (Å²) in [5.41, 5.74) is -2.05. The van der Waals surface area contributed by atoms with E-state index in [1.807, 2.05) is 0 Å². The van der Waals surface area contributed by atoms with Gasteiger partial charge in [-0.1, -0.05) is 0 Å². The molecule has 0 aliphatic carbocycles. The van der Waals surface area contributed by atoms with Crippen LogP contribution in [0.4, 0.5) is 9.59 Å². The normalized spacial score (nSPS) is 21.8. The minimum Gasteiger partial charge on any atom is -0.466 e. The molecule has 3 heterocycles. The van der Waals surface area contributed by atoms with E-state index >= 15 is 0 Å². The van der Waals surface area contributed by atoms with Crippen LogP contribution in [0.3, 0.4) is 0 Å². The van der Waals surface area contributed by atoms with Crippen molar-refractivity contribution < 1.29 is 55.1 Å². The molecule has 0 aromatic carbocycles. The van der Waals surface area contributed by atoms with Gasteiger partial charge in [-0.3, -0.25) is 14.4 Å². The second-order valence-electron chi connectivity index (χ2n) is 12.8. The van der Waals surface area contributed by atoms with Gasteiger partial charge in [0.05, 0.1) is 35.8 Å². The molecule has 0 aromatic heterocycles. The van der Waals surface area contributed by atoms with Crippen LogP contribution < -0.4 is 5.32 Å². The molecule has 3 fully saturated rings. The third-order valence-electron chi connectivity index (χ3n) is 7.52. The number of carbonyl (C=O) groups excluding carboxylic acids is 5. The Morgan fingerprint density at radius 2 is 1.64 bits per heavy atom. The highest BCUT2D eigenvalue weighted by Gasteiger charge is 2.50. The van der Waals surface area contributed by atoms with Crippen molar-refractivity contribution in [2.75, 3.05) is 38.6 Å². The van der Waals surface area contributed by atoms with Gasteiger partial charge in [-0.05, 0) is 67.2 Å². The fraction of sp³-hybridized carbons (Fsp3) is 0.815. The average molecular weight is 681 g/mol. The van der Waals surface area contributed by atoms with Gasteiger partial charge < -0.3 is 29.3 Å². The maximum atomic E-state index is 13.2. The molecule has 1 unspecified atom stereocenters. The Morgan fingerprint density at radius 1 is 1.00 bits per heavy atom. The summed E-state index contributed by atoms with van der Waals surface area (Å²) in [6, 6.07) is -2.53. The molecule has 45 heavy (non-hydrogen) atoms. The molecular formula is C27H44N4O12S2. The molecule has 0 aromatic rings. The monoisotopic (exact) mass is 680 g/mol. The lowest BCUT2D eigenvalue weighted by atomic mass is 9.95. The topological polar surface area (TPSA) is 187 Å². The largest absolute Gasteiger partial charge is 0.466 e. The number of ether oxygens (including phenoxy) is 3. The SMILES string of the molecule is CCOC(=O)C(C)(C)COS(=O)(=O)ON1C(=O)N2C[C@H]1CC[C@H]2C(=O)NC1CCN(C(=O)OC(CS)OC(=O)C(C)(C)C)CC1. The zero-order chi connectivity index (χ0) is 33.7. The predicted octanol–water partition coefficient (Wildman–Crippen LogP) is 1.60. The Labute approximate surface area is 269 Å². The number of piperidine rings is 2. The molecule has 0 radical (unpaired) electrons. The average Bonchev–Trinajstić information content (AvgIpc) is 3.19. The number of esters is 2. The molecule has 18 heteroatoms. The fourth-order valence-corrected chi connectivity index (χ4v) is 5.83. The highest BCUT2D eigenvalue weighted by molar-refractivity contribution is 7.81. The van der Waals surface area contributed by atoms with Crippen LogP contribution >= 0.6 is 12.6 Å². The summed E-state index contributed by atoms with van der Waals surface area (Å²) in [6.45, 7) is 9.74. The number of nitrogens with zero attached hydrogens (tertiary/aromatic N) is 3. The van der Waals surface area contributed by atoms with Gasteiger partial charge in [0.25, 0.3) is 6.29 Å². The zero-order valence-electron chi connectivity index (χ0n) is 26.5. The minimum atomic E-state index is -4.71. The third-order valence-corrected chi connectivity index (χ3v) is 8.57. The first-order chi connectivity index (χ1) is 20.9. The number of nitrogens with one attached hydrogen (secondary N) is 1. The quantitative estimate of drug-likeness (QED) is 0.173. The van der Waals surface area contributed by atoms with Crippen molar-refractivity contribution >= 4 is 53.0 Å². The van der Waals surface area contributed by atoms with Crippen molar-refractivity contribution in [3.8, 4) is 0 Å². The van der Waals surface area contributed by atoms with E-state index in [0.717, 1.165) is 0 Å². The van der Waals surface area contributed by atoms with Crippen LogP contribution in [0.15, 0.2) is 0 Å². The standard InChI is InChI=1S/C27H44N4O12S2/c1-7-39-23(34)27(5,6)16-40-45(37,38)43-31-18-8-9-19(30(14-18)24(31)35)21(32)28-17-10-12-29(13-11-17)25(36)42-20(15-44)41-22(33)26(2,3)4/h17-20,44H,7-16H2,1-6H3,(H,28,32)/t18-,19+,20?/m1/s1. The molecule has 4 amide bonds. The maximum absolute atomic E-state index is 13.2. The second-order valence-corrected chi connectivity index (χ2v) is 14.3. The molecule has 2 bridgehead atoms. The summed E-state index contributed by atoms with van der Waals surface area (Å²) in [5.74, 6) is -1.59. The molecule has 256 valence electrons. The molecule has 0 saturated carbocycles. The predicted molar refractivity (Wildman–Crippen MR) is 160 cm³/mol. The van der Waals surface area contributed by atoms with Gasteiger partial charge in [0.1, 0.15) is 6.04 Å². The van der Waals surface area contributed by atoms with Gasteiger partial charge >= 0.3 is 34.5 Å². The Hall–Kier alpha value is -2.83. The molecule has 16 nitrogen and oxygen atoms in total. The molecule has 3 aliphatic rings. The Kier molecular flexibility index (Phi) is 12.0. The van der Waals surface area contributed by atoms with E-state index < -0.39 is 76.2 Å². The number of hydroxylamine groups is 2. The first-order valence-corrected chi connectivity index (χ1v) is 16.8. The van der Waals surface area contributed by atoms with Gasteiger partial charge in [0.2, 0.25) is 5.91 Å². The van der Waals surface area contributed by atoms with Crippen LogP contribution in [0.2, 0.25) is 0 Å². The first-order valence-electron chi connectivity index (χ1n) is 14.8. The lowest BCUT2D eigenvalue weighted by Gasteiger charge is -2.35. The summed E-state index contributed by atoms with van der Waals surface area (Å²) in [5, 5.41) is 3.62. The van der Waals surface area contributed by atoms with Crippen LogP contribution in [0.25, 0.3) is 0 Å². The van der Waals surface area contributed by atoms with Crippen LogP contribution in [-0.4, -0.2) is 116 Å². The smallest absolute Gasteiger partial charge is 0.421 e. The molecule has 3 saturated heterocycles. The number of rotatable bonds is 12. The minimum absolute atomic E-state index is 0.00731. The number of thiol groups is 1. The Bertz CT molecular complexity index is 1230. The van der Waals surface area contributed by atoms with Gasteiger partial charge in [-0.2, -0.15) is 26.1 Å². The summed E-state index contributed by atoms with van der Waals surface area (Å²) in [6.07, 6.45) is -0.373. The number of hydrogen-bond acceptors (Lipinski definition) is 13. The molecule has 1 N–H and O–H groups in total. The van der Waals surface area contributed by atoms with Crippen LogP contribution in [0.5, 0.6) is 0 Å². The second kappa shape index (κ2) is 14.7. The van der Waals surface area contributed by atoms with E-state index in [1.54, 1.807) is 27.7 Å².